The van der Waals surface area contributed by atoms with E-state index in [4.69, 9.17) is 9.47 Å². The van der Waals surface area contributed by atoms with Gasteiger partial charge in [-0.1, -0.05) is 12.1 Å². The summed E-state index contributed by atoms with van der Waals surface area (Å²) in [6.45, 7) is 10.3. The first-order valence-corrected chi connectivity index (χ1v) is 10.3. The molecule has 0 aliphatic carbocycles. The highest BCUT2D eigenvalue weighted by Crippen LogP contribution is 2.36. The van der Waals surface area contributed by atoms with Crippen LogP contribution < -0.4 is 4.90 Å². The molecule has 0 radical (unpaired) electrons. The van der Waals surface area contributed by atoms with E-state index in [1.807, 2.05) is 50.8 Å². The molecule has 3 heterocycles. The molecule has 3 fully saturated rings. The lowest BCUT2D eigenvalue weighted by Gasteiger charge is -2.45. The second kappa shape index (κ2) is 7.16. The van der Waals surface area contributed by atoms with Crippen molar-refractivity contribution in [2.45, 2.75) is 58.3 Å². The van der Waals surface area contributed by atoms with Gasteiger partial charge in [-0.15, -0.1) is 0 Å². The fourth-order valence-corrected chi connectivity index (χ4v) is 4.86. The lowest BCUT2D eigenvalue weighted by Crippen LogP contribution is -2.60. The quantitative estimate of drug-likeness (QED) is 0.783. The molecule has 1 spiro atoms. The Balaban J connectivity index is 1.51. The van der Waals surface area contributed by atoms with Crippen molar-refractivity contribution in [2.24, 2.45) is 5.92 Å². The fraction of sp³-hybridized carbons (Fsp3) is 0.636. The summed E-state index contributed by atoms with van der Waals surface area (Å²) >= 11 is 0. The number of rotatable bonds is 2. The SMILES string of the molecule is Cc1cccc(N2CC(C(=O)N3CC(C)OC4(CCOC4C)C3)CC2=O)c1C. The zero-order chi connectivity index (χ0) is 20.1. The average Bonchev–Trinajstić information content (AvgIpc) is 3.19. The summed E-state index contributed by atoms with van der Waals surface area (Å²) in [5.41, 5.74) is 2.76. The molecule has 152 valence electrons. The summed E-state index contributed by atoms with van der Waals surface area (Å²) in [4.78, 5) is 29.7. The van der Waals surface area contributed by atoms with E-state index >= 15 is 0 Å². The van der Waals surface area contributed by atoms with Crippen LogP contribution in [0.4, 0.5) is 5.69 Å². The van der Waals surface area contributed by atoms with Gasteiger partial charge in [0.05, 0.1) is 24.7 Å². The molecule has 0 N–H and O–H groups in total. The van der Waals surface area contributed by atoms with Crippen molar-refractivity contribution in [1.29, 1.82) is 0 Å². The lowest BCUT2D eigenvalue weighted by atomic mass is 9.92. The molecule has 28 heavy (non-hydrogen) atoms. The van der Waals surface area contributed by atoms with Gasteiger partial charge >= 0.3 is 0 Å². The van der Waals surface area contributed by atoms with Crippen LogP contribution in [0.5, 0.6) is 0 Å². The van der Waals surface area contributed by atoms with Crippen molar-refractivity contribution < 1.29 is 19.1 Å². The van der Waals surface area contributed by atoms with Crippen molar-refractivity contribution >= 4 is 17.5 Å². The molecule has 6 nitrogen and oxygen atoms in total. The number of ether oxygens (including phenoxy) is 2. The van der Waals surface area contributed by atoms with Gasteiger partial charge in [0, 0.05) is 38.2 Å². The van der Waals surface area contributed by atoms with E-state index in [2.05, 4.69) is 0 Å². The first-order chi connectivity index (χ1) is 13.3. The number of carbonyl (C=O) groups is 2. The second-order valence-electron chi connectivity index (χ2n) is 8.60. The normalized spacial score (nSPS) is 33.1. The van der Waals surface area contributed by atoms with Crippen molar-refractivity contribution in [3.05, 3.63) is 29.3 Å². The fourth-order valence-electron chi connectivity index (χ4n) is 4.86. The number of hydrogen-bond donors (Lipinski definition) is 0. The van der Waals surface area contributed by atoms with Crippen molar-refractivity contribution in [2.75, 3.05) is 31.1 Å². The Kier molecular flexibility index (Phi) is 4.96. The Bertz CT molecular complexity index is 795. The number of anilines is 1. The minimum absolute atomic E-state index is 0.0257. The number of aryl methyl sites for hydroxylation is 1. The standard InChI is InChI=1S/C22H30N2O4/c1-14-6-5-7-19(16(14)3)24-12-18(10-20(24)25)21(26)23-11-15(2)28-22(13-23)8-9-27-17(22)4/h5-7,15,17-18H,8-13H2,1-4H3. The molecule has 4 atom stereocenters. The van der Waals surface area contributed by atoms with E-state index in [9.17, 15) is 9.59 Å². The maximum absolute atomic E-state index is 13.3. The lowest BCUT2D eigenvalue weighted by molar-refractivity contribution is -0.180. The van der Waals surface area contributed by atoms with Crippen LogP contribution in [-0.2, 0) is 19.1 Å². The molecule has 0 aromatic heterocycles. The van der Waals surface area contributed by atoms with Crippen molar-refractivity contribution in [3.8, 4) is 0 Å². The van der Waals surface area contributed by atoms with Gasteiger partial charge in [0.25, 0.3) is 0 Å². The maximum atomic E-state index is 13.3. The van der Waals surface area contributed by atoms with E-state index in [0.717, 1.165) is 23.2 Å². The highest BCUT2D eigenvalue weighted by molar-refractivity contribution is 6.01. The summed E-state index contributed by atoms with van der Waals surface area (Å²) < 4.78 is 12.0. The molecular weight excluding hydrogens is 356 g/mol. The minimum Gasteiger partial charge on any atom is -0.375 e. The molecule has 3 saturated heterocycles. The van der Waals surface area contributed by atoms with Crippen LogP contribution in [0.3, 0.4) is 0 Å². The van der Waals surface area contributed by atoms with Gasteiger partial charge in [0.2, 0.25) is 11.8 Å². The van der Waals surface area contributed by atoms with Crippen LogP contribution in [0.1, 0.15) is 37.8 Å². The Hall–Kier alpha value is -1.92. The van der Waals surface area contributed by atoms with Crippen molar-refractivity contribution in [3.63, 3.8) is 0 Å². The largest absolute Gasteiger partial charge is 0.375 e. The zero-order valence-corrected chi connectivity index (χ0v) is 17.2. The molecule has 2 amide bonds. The third kappa shape index (κ3) is 3.22. The predicted molar refractivity (Wildman–Crippen MR) is 106 cm³/mol. The predicted octanol–water partition coefficient (Wildman–Crippen LogP) is 2.45. The Labute approximate surface area is 166 Å². The van der Waals surface area contributed by atoms with Crippen LogP contribution in [0.2, 0.25) is 0 Å². The Morgan fingerprint density at radius 2 is 2.00 bits per heavy atom. The molecule has 4 rings (SSSR count). The molecule has 1 aromatic rings. The molecule has 3 aliphatic heterocycles. The van der Waals surface area contributed by atoms with E-state index in [-0.39, 0.29) is 36.4 Å². The summed E-state index contributed by atoms with van der Waals surface area (Å²) in [6.07, 6.45) is 1.02. The summed E-state index contributed by atoms with van der Waals surface area (Å²) in [7, 11) is 0. The molecule has 0 bridgehead atoms. The molecule has 6 heteroatoms. The molecule has 3 aliphatic rings. The average molecular weight is 386 g/mol. The van der Waals surface area contributed by atoms with Crippen LogP contribution in [0.25, 0.3) is 0 Å². The number of nitrogens with zero attached hydrogens (tertiary/aromatic N) is 2. The molecule has 1 aromatic carbocycles. The first-order valence-electron chi connectivity index (χ1n) is 10.3. The van der Waals surface area contributed by atoms with Crippen LogP contribution in [-0.4, -0.2) is 60.8 Å². The second-order valence-corrected chi connectivity index (χ2v) is 8.60. The van der Waals surface area contributed by atoms with Crippen LogP contribution in [0, 0.1) is 19.8 Å². The van der Waals surface area contributed by atoms with Crippen LogP contribution in [0.15, 0.2) is 18.2 Å². The van der Waals surface area contributed by atoms with Gasteiger partial charge in [-0.05, 0) is 44.9 Å². The number of carbonyl (C=O) groups excluding carboxylic acids is 2. The highest BCUT2D eigenvalue weighted by Gasteiger charge is 2.50. The van der Waals surface area contributed by atoms with E-state index in [1.165, 1.54) is 0 Å². The van der Waals surface area contributed by atoms with Gasteiger partial charge in [0.15, 0.2) is 0 Å². The third-order valence-electron chi connectivity index (χ3n) is 6.66. The number of benzene rings is 1. The van der Waals surface area contributed by atoms with Gasteiger partial charge < -0.3 is 19.3 Å². The molecular formula is C22H30N2O4. The minimum atomic E-state index is -0.414. The Morgan fingerprint density at radius 1 is 1.21 bits per heavy atom. The van der Waals surface area contributed by atoms with Gasteiger partial charge in [0.1, 0.15) is 5.60 Å². The van der Waals surface area contributed by atoms with Gasteiger partial charge in [-0.2, -0.15) is 0 Å². The van der Waals surface area contributed by atoms with Gasteiger partial charge in [-0.25, -0.2) is 0 Å². The smallest absolute Gasteiger partial charge is 0.228 e. The zero-order valence-electron chi connectivity index (χ0n) is 17.2. The summed E-state index contributed by atoms with van der Waals surface area (Å²) in [6, 6.07) is 5.98. The topological polar surface area (TPSA) is 59.1 Å². The third-order valence-corrected chi connectivity index (χ3v) is 6.66. The monoisotopic (exact) mass is 386 g/mol. The maximum Gasteiger partial charge on any atom is 0.228 e. The first kappa shape index (κ1) is 19.4. The number of hydrogen-bond acceptors (Lipinski definition) is 4. The van der Waals surface area contributed by atoms with Crippen molar-refractivity contribution in [1.82, 2.24) is 4.90 Å². The number of morpholine rings is 1. The number of amides is 2. The molecule has 0 saturated carbocycles. The van der Waals surface area contributed by atoms with E-state index < -0.39 is 5.60 Å². The van der Waals surface area contributed by atoms with E-state index in [1.54, 1.807) is 4.90 Å². The summed E-state index contributed by atoms with van der Waals surface area (Å²) in [5, 5.41) is 0. The summed E-state index contributed by atoms with van der Waals surface area (Å²) in [5.74, 6) is -0.206. The molecule has 4 unspecified atom stereocenters. The van der Waals surface area contributed by atoms with Gasteiger partial charge in [-0.3, -0.25) is 9.59 Å². The van der Waals surface area contributed by atoms with E-state index in [0.29, 0.717) is 26.2 Å². The van der Waals surface area contributed by atoms with Crippen LogP contribution >= 0.6 is 0 Å². The Morgan fingerprint density at radius 3 is 2.71 bits per heavy atom. The highest BCUT2D eigenvalue weighted by atomic mass is 16.6.